The van der Waals surface area contributed by atoms with E-state index in [0.717, 1.165) is 20.3 Å². The lowest BCUT2D eigenvalue weighted by molar-refractivity contribution is 0.287. The number of halogens is 1. The van der Waals surface area contributed by atoms with Crippen molar-refractivity contribution in [2.75, 3.05) is 7.11 Å². The molecule has 0 aliphatic carbocycles. The van der Waals surface area contributed by atoms with Crippen LogP contribution in [-0.2, 0) is 6.61 Å². The van der Waals surface area contributed by atoms with Crippen molar-refractivity contribution >= 4 is 27.3 Å². The molecule has 0 bridgehead atoms. The molecule has 0 N–H and O–H groups in total. The summed E-state index contributed by atoms with van der Waals surface area (Å²) in [5, 5.41) is 0. The Morgan fingerprint density at radius 2 is 2.06 bits per heavy atom. The Morgan fingerprint density at radius 1 is 1.31 bits per heavy atom. The molecule has 0 aliphatic rings. The van der Waals surface area contributed by atoms with Crippen LogP contribution in [-0.4, -0.2) is 12.1 Å². The summed E-state index contributed by atoms with van der Waals surface area (Å²) in [6.07, 6.45) is 1.80. The smallest absolute Gasteiger partial charge is 0.161 e. The van der Waals surface area contributed by atoms with Crippen molar-refractivity contribution in [3.8, 4) is 11.5 Å². The van der Waals surface area contributed by atoms with Crippen molar-refractivity contribution in [2.45, 2.75) is 6.61 Å². The summed E-state index contributed by atoms with van der Waals surface area (Å²) < 4.78 is 11.7. The Labute approximate surface area is 106 Å². The van der Waals surface area contributed by atoms with E-state index in [9.17, 15) is 0 Å². The first-order valence-electron chi connectivity index (χ1n) is 4.65. The SMILES string of the molecule is COc1ccccc1OCc1cnc(Br)s1. The number of hydrogen-bond donors (Lipinski definition) is 0. The number of para-hydroxylation sites is 2. The van der Waals surface area contributed by atoms with Crippen LogP contribution in [0, 0.1) is 0 Å². The molecule has 2 rings (SSSR count). The zero-order valence-electron chi connectivity index (χ0n) is 8.64. The van der Waals surface area contributed by atoms with Gasteiger partial charge in [0.2, 0.25) is 0 Å². The molecule has 0 amide bonds. The Hall–Kier alpha value is -1.07. The monoisotopic (exact) mass is 299 g/mol. The van der Waals surface area contributed by atoms with Gasteiger partial charge >= 0.3 is 0 Å². The second-order valence-corrected chi connectivity index (χ2v) is 5.41. The number of rotatable bonds is 4. The normalized spacial score (nSPS) is 10.1. The van der Waals surface area contributed by atoms with Gasteiger partial charge in [0, 0.05) is 6.20 Å². The van der Waals surface area contributed by atoms with Gasteiger partial charge in [-0.15, -0.1) is 11.3 Å². The number of hydrogen-bond acceptors (Lipinski definition) is 4. The van der Waals surface area contributed by atoms with Crippen molar-refractivity contribution < 1.29 is 9.47 Å². The zero-order chi connectivity index (χ0) is 11.4. The number of aromatic nitrogens is 1. The minimum Gasteiger partial charge on any atom is -0.493 e. The van der Waals surface area contributed by atoms with Gasteiger partial charge < -0.3 is 9.47 Å². The third-order valence-electron chi connectivity index (χ3n) is 1.96. The topological polar surface area (TPSA) is 31.4 Å². The minimum atomic E-state index is 0.504. The van der Waals surface area contributed by atoms with Crippen molar-refractivity contribution in [1.29, 1.82) is 0 Å². The summed E-state index contributed by atoms with van der Waals surface area (Å²) >= 11 is 4.87. The van der Waals surface area contributed by atoms with E-state index >= 15 is 0 Å². The lowest BCUT2D eigenvalue weighted by Crippen LogP contribution is -1.95. The summed E-state index contributed by atoms with van der Waals surface area (Å²) in [4.78, 5) is 5.16. The highest BCUT2D eigenvalue weighted by molar-refractivity contribution is 9.11. The minimum absolute atomic E-state index is 0.504. The van der Waals surface area contributed by atoms with Crippen molar-refractivity contribution in [2.24, 2.45) is 0 Å². The van der Waals surface area contributed by atoms with Crippen molar-refractivity contribution in [3.63, 3.8) is 0 Å². The molecular weight excluding hydrogens is 290 g/mol. The van der Waals surface area contributed by atoms with E-state index in [1.807, 2.05) is 24.3 Å². The molecule has 0 fully saturated rings. The molecule has 0 unspecified atom stereocenters. The summed E-state index contributed by atoms with van der Waals surface area (Å²) in [5.41, 5.74) is 0. The van der Waals surface area contributed by atoms with E-state index in [1.54, 1.807) is 24.6 Å². The van der Waals surface area contributed by atoms with Crippen LogP contribution in [0.4, 0.5) is 0 Å². The average molecular weight is 300 g/mol. The maximum atomic E-state index is 5.65. The standard InChI is InChI=1S/C11H10BrNO2S/c1-14-9-4-2-3-5-10(9)15-7-8-6-13-11(12)16-8/h2-6H,7H2,1H3. The number of thiazole rings is 1. The number of ether oxygens (including phenoxy) is 2. The second kappa shape index (κ2) is 5.32. The Kier molecular flexibility index (Phi) is 3.79. The molecule has 1 aromatic heterocycles. The highest BCUT2D eigenvalue weighted by Crippen LogP contribution is 2.27. The van der Waals surface area contributed by atoms with Crippen LogP contribution in [0.3, 0.4) is 0 Å². The van der Waals surface area contributed by atoms with Crippen LogP contribution in [0.5, 0.6) is 11.5 Å². The molecule has 0 radical (unpaired) electrons. The van der Waals surface area contributed by atoms with Gasteiger partial charge in [-0.3, -0.25) is 0 Å². The van der Waals surface area contributed by atoms with E-state index < -0.39 is 0 Å². The molecular formula is C11H10BrNO2S. The molecule has 0 aliphatic heterocycles. The third kappa shape index (κ3) is 2.74. The maximum Gasteiger partial charge on any atom is 0.161 e. The van der Waals surface area contributed by atoms with Crippen molar-refractivity contribution in [3.05, 3.63) is 39.3 Å². The highest BCUT2D eigenvalue weighted by atomic mass is 79.9. The number of methoxy groups -OCH3 is 1. The van der Waals surface area contributed by atoms with Gasteiger partial charge in [0.25, 0.3) is 0 Å². The molecule has 84 valence electrons. The Bertz CT molecular complexity index is 473. The predicted octanol–water partition coefficient (Wildman–Crippen LogP) is 3.49. The van der Waals surface area contributed by atoms with Gasteiger partial charge in [-0.1, -0.05) is 12.1 Å². The van der Waals surface area contributed by atoms with Crippen LogP contribution >= 0.6 is 27.3 Å². The highest BCUT2D eigenvalue weighted by Gasteiger charge is 2.04. The first-order chi connectivity index (χ1) is 7.79. The molecule has 1 aromatic carbocycles. The number of benzene rings is 1. The molecule has 16 heavy (non-hydrogen) atoms. The summed E-state index contributed by atoms with van der Waals surface area (Å²) in [6, 6.07) is 7.59. The quantitative estimate of drug-likeness (QED) is 0.866. The van der Waals surface area contributed by atoms with Crippen LogP contribution in [0.2, 0.25) is 0 Å². The first kappa shape index (κ1) is 11.4. The number of nitrogens with zero attached hydrogens (tertiary/aromatic N) is 1. The van der Waals surface area contributed by atoms with Crippen LogP contribution in [0.1, 0.15) is 4.88 Å². The third-order valence-corrected chi connectivity index (χ3v) is 3.41. The summed E-state index contributed by atoms with van der Waals surface area (Å²) in [5.74, 6) is 1.49. The van der Waals surface area contributed by atoms with Crippen molar-refractivity contribution in [1.82, 2.24) is 4.98 Å². The lowest BCUT2D eigenvalue weighted by Gasteiger charge is -2.08. The van der Waals surface area contributed by atoms with Gasteiger partial charge in [0.15, 0.2) is 15.4 Å². The molecule has 0 atom stereocenters. The molecule has 0 saturated carbocycles. The van der Waals surface area contributed by atoms with E-state index in [2.05, 4.69) is 20.9 Å². The largest absolute Gasteiger partial charge is 0.493 e. The van der Waals surface area contributed by atoms with Gasteiger partial charge in [-0.2, -0.15) is 0 Å². The molecule has 0 saturated heterocycles. The molecule has 2 aromatic rings. The Morgan fingerprint density at radius 3 is 2.69 bits per heavy atom. The average Bonchev–Trinajstić information content (AvgIpc) is 2.73. The maximum absolute atomic E-state index is 5.65. The first-order valence-corrected chi connectivity index (χ1v) is 6.26. The fraction of sp³-hybridized carbons (Fsp3) is 0.182. The fourth-order valence-electron chi connectivity index (χ4n) is 1.24. The van der Waals surface area contributed by atoms with Gasteiger partial charge in [0.1, 0.15) is 6.61 Å². The Balaban J connectivity index is 2.04. The van der Waals surface area contributed by atoms with Crippen LogP contribution < -0.4 is 9.47 Å². The van der Waals surface area contributed by atoms with E-state index in [4.69, 9.17) is 9.47 Å². The molecule has 1 heterocycles. The fourth-order valence-corrected chi connectivity index (χ4v) is 2.51. The molecule has 5 heteroatoms. The van der Waals surface area contributed by atoms with Gasteiger partial charge in [0.05, 0.1) is 12.0 Å². The molecule has 0 spiro atoms. The summed E-state index contributed by atoms with van der Waals surface area (Å²) in [7, 11) is 1.63. The molecule has 3 nitrogen and oxygen atoms in total. The zero-order valence-corrected chi connectivity index (χ0v) is 11.0. The lowest BCUT2D eigenvalue weighted by atomic mass is 10.3. The van der Waals surface area contributed by atoms with E-state index in [-0.39, 0.29) is 0 Å². The second-order valence-electron chi connectivity index (χ2n) is 3.02. The van der Waals surface area contributed by atoms with E-state index in [1.165, 1.54) is 0 Å². The predicted molar refractivity (Wildman–Crippen MR) is 67.1 cm³/mol. The van der Waals surface area contributed by atoms with E-state index in [0.29, 0.717) is 6.61 Å². The van der Waals surface area contributed by atoms with Crippen LogP contribution in [0.15, 0.2) is 34.4 Å². The van der Waals surface area contributed by atoms with Crippen LogP contribution in [0.25, 0.3) is 0 Å². The van der Waals surface area contributed by atoms with Gasteiger partial charge in [-0.25, -0.2) is 4.98 Å². The van der Waals surface area contributed by atoms with Gasteiger partial charge in [-0.05, 0) is 28.1 Å². The summed E-state index contributed by atoms with van der Waals surface area (Å²) in [6.45, 7) is 0.504.